The van der Waals surface area contributed by atoms with Gasteiger partial charge in [-0.1, -0.05) is 0 Å². The molecule has 0 spiro atoms. The quantitative estimate of drug-likeness (QED) is 0.453. The second kappa shape index (κ2) is 4.65. The minimum atomic E-state index is -1.67. The molecule has 86 valence electrons. The second-order valence-electron chi connectivity index (χ2n) is 2.74. The molecule has 5 nitrogen and oxygen atoms in total. The first-order valence-corrected chi connectivity index (χ1v) is 4.28. The molecule has 0 aromatic heterocycles. The van der Waals surface area contributed by atoms with Gasteiger partial charge in [0, 0.05) is 6.07 Å². The summed E-state index contributed by atoms with van der Waals surface area (Å²) in [4.78, 5) is 20.3. The van der Waals surface area contributed by atoms with Crippen LogP contribution in [0.25, 0.3) is 0 Å². The first kappa shape index (κ1) is 12.0. The smallest absolute Gasteiger partial charge is 0.341 e. The van der Waals surface area contributed by atoms with Crippen molar-refractivity contribution < 1.29 is 23.2 Å². The van der Waals surface area contributed by atoms with Crippen LogP contribution in [-0.2, 0) is 4.74 Å². The molecular weight excluding hydrogens is 224 g/mol. The van der Waals surface area contributed by atoms with E-state index in [-0.39, 0.29) is 6.61 Å². The zero-order valence-electron chi connectivity index (χ0n) is 8.20. The van der Waals surface area contributed by atoms with E-state index >= 15 is 0 Å². The van der Waals surface area contributed by atoms with Crippen molar-refractivity contribution in [2.24, 2.45) is 0 Å². The number of hydrogen-bond donors (Lipinski definition) is 0. The van der Waals surface area contributed by atoms with Crippen LogP contribution in [0, 0.1) is 21.7 Å². The van der Waals surface area contributed by atoms with Gasteiger partial charge in [0.15, 0.2) is 5.82 Å². The van der Waals surface area contributed by atoms with Crippen LogP contribution in [0.4, 0.5) is 14.5 Å². The molecule has 0 aliphatic rings. The first-order chi connectivity index (χ1) is 7.49. The summed E-state index contributed by atoms with van der Waals surface area (Å²) >= 11 is 0. The zero-order valence-corrected chi connectivity index (χ0v) is 8.20. The fraction of sp³-hybridized carbons (Fsp3) is 0.222. The van der Waals surface area contributed by atoms with Gasteiger partial charge in [0.2, 0.25) is 5.82 Å². The van der Waals surface area contributed by atoms with Crippen molar-refractivity contribution in [3.63, 3.8) is 0 Å². The van der Waals surface area contributed by atoms with E-state index < -0.39 is 33.8 Å². The Morgan fingerprint density at radius 2 is 2.06 bits per heavy atom. The molecule has 1 aromatic carbocycles. The van der Waals surface area contributed by atoms with Crippen molar-refractivity contribution in [1.29, 1.82) is 0 Å². The summed E-state index contributed by atoms with van der Waals surface area (Å²) in [5.74, 6) is -4.31. The lowest BCUT2D eigenvalue weighted by molar-refractivity contribution is -0.387. The summed E-state index contributed by atoms with van der Waals surface area (Å²) < 4.78 is 30.8. The van der Waals surface area contributed by atoms with E-state index in [0.717, 1.165) is 6.07 Å². The number of carbonyl (C=O) groups excluding carboxylic acids is 1. The molecule has 0 N–H and O–H groups in total. The molecular formula is C9H7F2NO4. The number of hydrogen-bond acceptors (Lipinski definition) is 4. The van der Waals surface area contributed by atoms with Gasteiger partial charge in [-0.25, -0.2) is 9.18 Å². The van der Waals surface area contributed by atoms with Gasteiger partial charge in [-0.05, 0) is 13.0 Å². The normalized spacial score (nSPS) is 9.94. The molecule has 0 aliphatic carbocycles. The van der Waals surface area contributed by atoms with E-state index in [1.54, 1.807) is 0 Å². The highest BCUT2D eigenvalue weighted by atomic mass is 19.2. The summed E-state index contributed by atoms with van der Waals surface area (Å²) in [6.45, 7) is 1.49. The van der Waals surface area contributed by atoms with Crippen LogP contribution in [0.15, 0.2) is 12.1 Å². The number of halogens is 2. The topological polar surface area (TPSA) is 69.4 Å². The maximum atomic E-state index is 13.2. The van der Waals surface area contributed by atoms with Gasteiger partial charge in [-0.15, -0.1) is 0 Å². The Balaban J connectivity index is 3.21. The molecule has 7 heteroatoms. The van der Waals surface area contributed by atoms with Crippen LogP contribution in [-0.4, -0.2) is 17.5 Å². The Kier molecular flexibility index (Phi) is 3.49. The standard InChI is InChI=1S/C9H7F2NO4/c1-2-16-9(13)5-3-4-6(12(14)15)8(11)7(5)10/h3-4H,2H2,1H3. The highest BCUT2D eigenvalue weighted by Gasteiger charge is 2.24. The van der Waals surface area contributed by atoms with E-state index in [1.807, 2.05) is 0 Å². The Labute approximate surface area is 88.8 Å². The van der Waals surface area contributed by atoms with Crippen LogP contribution < -0.4 is 0 Å². The SMILES string of the molecule is CCOC(=O)c1ccc([N+](=O)[O-])c(F)c1F. The molecule has 0 fully saturated rings. The summed E-state index contributed by atoms with van der Waals surface area (Å²) in [6.07, 6.45) is 0. The lowest BCUT2D eigenvalue weighted by atomic mass is 10.2. The maximum Gasteiger partial charge on any atom is 0.341 e. The summed E-state index contributed by atoms with van der Waals surface area (Å²) in [6, 6.07) is 1.53. The number of rotatable bonds is 3. The average molecular weight is 231 g/mol. The Morgan fingerprint density at radius 1 is 1.44 bits per heavy atom. The largest absolute Gasteiger partial charge is 0.462 e. The first-order valence-electron chi connectivity index (χ1n) is 4.28. The number of nitro benzene ring substituents is 1. The molecule has 0 saturated heterocycles. The van der Waals surface area contributed by atoms with Gasteiger partial charge < -0.3 is 4.74 Å². The minimum Gasteiger partial charge on any atom is -0.462 e. The minimum absolute atomic E-state index is 0.00310. The van der Waals surface area contributed by atoms with Gasteiger partial charge in [0.05, 0.1) is 17.1 Å². The summed E-state index contributed by atoms with van der Waals surface area (Å²) in [5, 5.41) is 10.3. The number of benzene rings is 1. The van der Waals surface area contributed by atoms with Crippen molar-refractivity contribution >= 4 is 11.7 Å². The number of nitrogens with zero attached hydrogens (tertiary/aromatic N) is 1. The lowest BCUT2D eigenvalue weighted by Crippen LogP contribution is -2.09. The molecule has 0 atom stereocenters. The molecule has 0 radical (unpaired) electrons. The van der Waals surface area contributed by atoms with Crippen molar-refractivity contribution in [2.75, 3.05) is 6.61 Å². The van der Waals surface area contributed by atoms with Crippen LogP contribution >= 0.6 is 0 Å². The van der Waals surface area contributed by atoms with E-state index in [9.17, 15) is 23.7 Å². The fourth-order valence-corrected chi connectivity index (χ4v) is 1.05. The molecule has 0 amide bonds. The van der Waals surface area contributed by atoms with Crippen LogP contribution in [0.5, 0.6) is 0 Å². The molecule has 1 rings (SSSR count). The fourth-order valence-electron chi connectivity index (χ4n) is 1.05. The zero-order chi connectivity index (χ0) is 12.3. The monoisotopic (exact) mass is 231 g/mol. The molecule has 0 aliphatic heterocycles. The molecule has 0 saturated carbocycles. The van der Waals surface area contributed by atoms with E-state index in [0.29, 0.717) is 6.07 Å². The lowest BCUT2D eigenvalue weighted by Gasteiger charge is -2.03. The van der Waals surface area contributed by atoms with Crippen LogP contribution in [0.2, 0.25) is 0 Å². The number of nitro groups is 1. The molecule has 0 unspecified atom stereocenters. The predicted octanol–water partition coefficient (Wildman–Crippen LogP) is 2.05. The number of ether oxygens (including phenoxy) is 1. The van der Waals surface area contributed by atoms with Crippen molar-refractivity contribution in [2.45, 2.75) is 6.92 Å². The van der Waals surface area contributed by atoms with Crippen molar-refractivity contribution in [3.05, 3.63) is 39.4 Å². The van der Waals surface area contributed by atoms with Gasteiger partial charge in [0.25, 0.3) is 0 Å². The average Bonchev–Trinajstić information content (AvgIpc) is 2.21. The summed E-state index contributed by atoms with van der Waals surface area (Å²) in [7, 11) is 0. The van der Waals surface area contributed by atoms with E-state index in [4.69, 9.17) is 0 Å². The Bertz CT molecular complexity index is 447. The Morgan fingerprint density at radius 3 is 2.56 bits per heavy atom. The predicted molar refractivity (Wildman–Crippen MR) is 49.0 cm³/mol. The van der Waals surface area contributed by atoms with Gasteiger partial charge >= 0.3 is 11.7 Å². The van der Waals surface area contributed by atoms with E-state index in [1.165, 1.54) is 6.92 Å². The van der Waals surface area contributed by atoms with Crippen molar-refractivity contribution in [3.8, 4) is 0 Å². The second-order valence-corrected chi connectivity index (χ2v) is 2.74. The van der Waals surface area contributed by atoms with Gasteiger partial charge in [-0.3, -0.25) is 10.1 Å². The molecule has 0 heterocycles. The van der Waals surface area contributed by atoms with Crippen LogP contribution in [0.1, 0.15) is 17.3 Å². The van der Waals surface area contributed by atoms with E-state index in [2.05, 4.69) is 4.74 Å². The van der Waals surface area contributed by atoms with Crippen LogP contribution in [0.3, 0.4) is 0 Å². The third-order valence-corrected chi connectivity index (χ3v) is 1.75. The highest BCUT2D eigenvalue weighted by molar-refractivity contribution is 5.90. The third-order valence-electron chi connectivity index (χ3n) is 1.75. The molecule has 16 heavy (non-hydrogen) atoms. The number of esters is 1. The third kappa shape index (κ3) is 2.13. The highest BCUT2D eigenvalue weighted by Crippen LogP contribution is 2.22. The number of carbonyl (C=O) groups is 1. The Hall–Kier alpha value is -2.05. The van der Waals surface area contributed by atoms with Gasteiger partial charge in [0.1, 0.15) is 0 Å². The molecule has 0 bridgehead atoms. The summed E-state index contributed by atoms with van der Waals surface area (Å²) in [5.41, 5.74) is -1.68. The molecule has 1 aromatic rings. The van der Waals surface area contributed by atoms with Gasteiger partial charge in [-0.2, -0.15) is 4.39 Å². The van der Waals surface area contributed by atoms with Crippen molar-refractivity contribution in [1.82, 2.24) is 0 Å². The maximum absolute atomic E-state index is 13.2.